The fourth-order valence-corrected chi connectivity index (χ4v) is 3.65. The number of likely N-dealkylation sites (N-methyl/N-ethyl adjacent to an activating group) is 1. The first kappa shape index (κ1) is 18.8. The Morgan fingerprint density at radius 3 is 2.70 bits per heavy atom. The van der Waals surface area contributed by atoms with Gasteiger partial charge < -0.3 is 14.9 Å². The summed E-state index contributed by atoms with van der Waals surface area (Å²) in [4.78, 5) is 19.3. The highest BCUT2D eigenvalue weighted by Crippen LogP contribution is 2.35. The molecule has 2 N–H and O–H groups in total. The van der Waals surface area contributed by atoms with E-state index in [1.54, 1.807) is 53.4 Å². The molecule has 0 aromatic heterocycles. The maximum atomic E-state index is 12.7. The number of hydrogen-bond acceptors (Lipinski definition) is 6. The van der Waals surface area contributed by atoms with Crippen LogP contribution < -0.4 is 4.74 Å². The molecule has 2 aromatic carbocycles. The largest absolute Gasteiger partial charge is 0.508 e. The van der Waals surface area contributed by atoms with Crippen molar-refractivity contribution < 1.29 is 19.7 Å². The molecular weight excluding hydrogens is 364 g/mol. The van der Waals surface area contributed by atoms with Gasteiger partial charge in [-0.2, -0.15) is 0 Å². The maximum Gasteiger partial charge on any atom is 0.266 e. The lowest BCUT2D eigenvalue weighted by atomic mass is 10.2. The van der Waals surface area contributed by atoms with Crippen LogP contribution in [0.5, 0.6) is 17.2 Å². The van der Waals surface area contributed by atoms with Crippen LogP contribution in [0.2, 0.25) is 0 Å². The molecule has 0 spiro atoms. The number of carbonyl (C=O) groups is 1. The summed E-state index contributed by atoms with van der Waals surface area (Å²) in [5.41, 5.74) is 1.33. The monoisotopic (exact) mass is 384 g/mol. The van der Waals surface area contributed by atoms with E-state index in [1.165, 1.54) is 11.8 Å². The number of rotatable bonds is 5. The highest BCUT2D eigenvalue weighted by molar-refractivity contribution is 8.18. The molecule has 0 aliphatic carbocycles. The van der Waals surface area contributed by atoms with E-state index in [0.717, 1.165) is 5.56 Å². The lowest BCUT2D eigenvalue weighted by molar-refractivity contribution is -0.122. The molecule has 0 bridgehead atoms. The summed E-state index contributed by atoms with van der Waals surface area (Å²) in [5, 5.41) is 20.0. The molecule has 1 saturated heterocycles. The van der Waals surface area contributed by atoms with Crippen molar-refractivity contribution >= 4 is 34.6 Å². The Bertz CT molecular complexity index is 924. The van der Waals surface area contributed by atoms with Crippen LogP contribution >= 0.6 is 11.8 Å². The van der Waals surface area contributed by atoms with Crippen LogP contribution in [0.15, 0.2) is 52.4 Å². The molecule has 3 rings (SSSR count). The first-order valence-corrected chi connectivity index (χ1v) is 9.38. The normalized spacial score (nSPS) is 17.1. The summed E-state index contributed by atoms with van der Waals surface area (Å²) in [6.45, 7) is 4.64. The van der Waals surface area contributed by atoms with Crippen LogP contribution in [0, 0.1) is 0 Å². The molecule has 2 aromatic rings. The minimum Gasteiger partial charge on any atom is -0.508 e. The molecule has 0 unspecified atom stereocenters. The third-order valence-corrected chi connectivity index (χ3v) is 4.85. The predicted molar refractivity (Wildman–Crippen MR) is 107 cm³/mol. The van der Waals surface area contributed by atoms with E-state index in [-0.39, 0.29) is 17.4 Å². The van der Waals surface area contributed by atoms with Gasteiger partial charge in [-0.15, -0.1) is 0 Å². The zero-order valence-electron chi connectivity index (χ0n) is 15.0. The van der Waals surface area contributed by atoms with Crippen LogP contribution in [0.1, 0.15) is 19.4 Å². The summed E-state index contributed by atoms with van der Waals surface area (Å²) in [5.74, 6) is 0.430. The Labute approximate surface area is 161 Å². The summed E-state index contributed by atoms with van der Waals surface area (Å²) >= 11 is 1.27. The van der Waals surface area contributed by atoms with Crippen molar-refractivity contribution in [2.24, 2.45) is 4.99 Å². The predicted octanol–water partition coefficient (Wildman–Crippen LogP) is 4.12. The molecule has 6 nitrogen and oxygen atoms in total. The van der Waals surface area contributed by atoms with Crippen molar-refractivity contribution in [1.82, 2.24) is 4.90 Å². The number of phenols is 2. The number of thioether (sulfide) groups is 1. The van der Waals surface area contributed by atoms with Gasteiger partial charge in [0.15, 0.2) is 16.7 Å². The van der Waals surface area contributed by atoms with Crippen LogP contribution in [0.25, 0.3) is 6.08 Å². The average Bonchev–Trinajstić information content (AvgIpc) is 2.92. The van der Waals surface area contributed by atoms with Gasteiger partial charge in [0.25, 0.3) is 5.91 Å². The molecule has 7 heteroatoms. The molecule has 1 fully saturated rings. The number of aromatic hydroxyl groups is 2. The summed E-state index contributed by atoms with van der Waals surface area (Å²) in [7, 11) is 0. The van der Waals surface area contributed by atoms with Gasteiger partial charge in [-0.25, -0.2) is 4.99 Å². The van der Waals surface area contributed by atoms with Crippen LogP contribution in [-0.2, 0) is 4.79 Å². The SMILES string of the molecule is CCOc1cc(/C=C2\SC(=Nc3cccc(O)c3)N(CC)C2=O)ccc1O. The van der Waals surface area contributed by atoms with E-state index < -0.39 is 0 Å². The number of ether oxygens (including phenoxy) is 1. The minimum atomic E-state index is -0.132. The lowest BCUT2D eigenvalue weighted by Crippen LogP contribution is -2.28. The second-order valence-corrected chi connectivity index (χ2v) is 6.74. The van der Waals surface area contributed by atoms with E-state index in [2.05, 4.69) is 4.99 Å². The number of amidine groups is 1. The Morgan fingerprint density at radius 1 is 1.19 bits per heavy atom. The highest BCUT2D eigenvalue weighted by Gasteiger charge is 2.32. The number of nitrogens with zero attached hydrogens (tertiary/aromatic N) is 2. The van der Waals surface area contributed by atoms with E-state index in [0.29, 0.717) is 34.7 Å². The summed E-state index contributed by atoms with van der Waals surface area (Å²) in [6.07, 6.45) is 1.75. The van der Waals surface area contributed by atoms with E-state index in [1.807, 2.05) is 13.8 Å². The van der Waals surface area contributed by atoms with Gasteiger partial charge in [-0.3, -0.25) is 9.69 Å². The molecule has 0 radical (unpaired) electrons. The number of aliphatic imine (C=N–C) groups is 1. The molecule has 0 saturated carbocycles. The second kappa shape index (κ2) is 8.18. The summed E-state index contributed by atoms with van der Waals surface area (Å²) < 4.78 is 5.39. The van der Waals surface area contributed by atoms with Crippen LogP contribution in [-0.4, -0.2) is 39.3 Å². The first-order valence-electron chi connectivity index (χ1n) is 8.56. The van der Waals surface area contributed by atoms with E-state index in [4.69, 9.17) is 4.74 Å². The molecular formula is C20H20N2O4S. The van der Waals surface area contributed by atoms with Gasteiger partial charge in [0, 0.05) is 12.6 Å². The van der Waals surface area contributed by atoms with E-state index in [9.17, 15) is 15.0 Å². The molecule has 1 aliphatic heterocycles. The first-order chi connectivity index (χ1) is 13.0. The van der Waals surface area contributed by atoms with Gasteiger partial charge in [-0.05, 0) is 61.5 Å². The zero-order chi connectivity index (χ0) is 19.4. The minimum absolute atomic E-state index is 0.0609. The second-order valence-electron chi connectivity index (χ2n) is 5.73. The number of amides is 1. The van der Waals surface area contributed by atoms with Crippen molar-refractivity contribution in [3.63, 3.8) is 0 Å². The topological polar surface area (TPSA) is 82.4 Å². The van der Waals surface area contributed by atoms with Crippen molar-refractivity contribution in [1.29, 1.82) is 0 Å². The molecule has 140 valence electrons. The van der Waals surface area contributed by atoms with Crippen molar-refractivity contribution in [2.45, 2.75) is 13.8 Å². The lowest BCUT2D eigenvalue weighted by Gasteiger charge is -2.12. The molecule has 1 aliphatic rings. The molecule has 27 heavy (non-hydrogen) atoms. The van der Waals surface area contributed by atoms with Gasteiger partial charge in [0.05, 0.1) is 17.2 Å². The van der Waals surface area contributed by atoms with Crippen LogP contribution in [0.3, 0.4) is 0 Å². The standard InChI is InChI=1S/C20H20N2O4S/c1-3-22-19(25)18(11-13-8-9-16(24)17(10-13)26-4-2)27-20(22)21-14-6-5-7-15(23)12-14/h5-12,23-24H,3-4H2,1-2H3/b18-11-,21-20?. The zero-order valence-corrected chi connectivity index (χ0v) is 15.9. The third-order valence-electron chi connectivity index (χ3n) is 3.84. The average molecular weight is 384 g/mol. The van der Waals surface area contributed by atoms with E-state index >= 15 is 0 Å². The molecule has 0 atom stereocenters. The Morgan fingerprint density at radius 2 is 2.00 bits per heavy atom. The number of phenolic OH excluding ortho intramolecular Hbond substituents is 2. The summed E-state index contributed by atoms with van der Waals surface area (Å²) in [6, 6.07) is 11.5. The van der Waals surface area contributed by atoms with Gasteiger partial charge in [0.2, 0.25) is 0 Å². The van der Waals surface area contributed by atoms with Crippen molar-refractivity contribution in [2.75, 3.05) is 13.2 Å². The number of hydrogen-bond donors (Lipinski definition) is 2. The smallest absolute Gasteiger partial charge is 0.266 e. The quantitative estimate of drug-likeness (QED) is 0.758. The Balaban J connectivity index is 1.92. The van der Waals surface area contributed by atoms with Crippen molar-refractivity contribution in [3.8, 4) is 17.2 Å². The van der Waals surface area contributed by atoms with Gasteiger partial charge >= 0.3 is 0 Å². The third kappa shape index (κ3) is 4.25. The number of benzene rings is 2. The molecule has 1 amide bonds. The highest BCUT2D eigenvalue weighted by atomic mass is 32.2. The Hall–Kier alpha value is -2.93. The van der Waals surface area contributed by atoms with Gasteiger partial charge in [0.1, 0.15) is 5.75 Å². The van der Waals surface area contributed by atoms with Gasteiger partial charge in [-0.1, -0.05) is 12.1 Å². The van der Waals surface area contributed by atoms with Crippen molar-refractivity contribution in [3.05, 3.63) is 52.9 Å². The van der Waals surface area contributed by atoms with Crippen LogP contribution in [0.4, 0.5) is 5.69 Å². The molecule has 1 heterocycles. The fraction of sp³-hybridized carbons (Fsp3) is 0.200. The maximum absolute atomic E-state index is 12.7. The Kier molecular flexibility index (Phi) is 5.71. The number of carbonyl (C=O) groups excluding carboxylic acids is 1. The fourth-order valence-electron chi connectivity index (χ4n) is 2.59.